The molecule has 0 aromatic heterocycles. The Morgan fingerprint density at radius 2 is 2.29 bits per heavy atom. The first kappa shape index (κ1) is 13.0. The smallest absolute Gasteiger partial charge is 0.0746 e. The van der Waals surface area contributed by atoms with Crippen molar-refractivity contribution in [3.05, 3.63) is 28.8 Å². The molecule has 1 aliphatic rings. The lowest BCUT2D eigenvalue weighted by molar-refractivity contribution is 0.0893. The van der Waals surface area contributed by atoms with Crippen molar-refractivity contribution >= 4 is 28.9 Å². The third kappa shape index (κ3) is 3.06. The Morgan fingerprint density at radius 1 is 1.47 bits per heavy atom. The van der Waals surface area contributed by atoms with Gasteiger partial charge >= 0.3 is 0 Å². The zero-order valence-electron chi connectivity index (χ0n) is 9.96. The van der Waals surface area contributed by atoms with Crippen LogP contribution in [0.5, 0.6) is 0 Å². The summed E-state index contributed by atoms with van der Waals surface area (Å²) in [6.45, 7) is 1.95. The number of methoxy groups -OCH3 is 1. The molecule has 2 rings (SSSR count). The number of piperidine rings is 1. The van der Waals surface area contributed by atoms with Gasteiger partial charge in [-0.1, -0.05) is 17.7 Å². The van der Waals surface area contributed by atoms with E-state index < -0.39 is 0 Å². The Bertz CT molecular complexity index is 384. The number of halogens is 2. The Balaban J connectivity index is 2.16. The average molecular weight is 274 g/mol. The van der Waals surface area contributed by atoms with E-state index in [1.54, 1.807) is 7.11 Å². The van der Waals surface area contributed by atoms with E-state index in [1.165, 1.54) is 0 Å². The van der Waals surface area contributed by atoms with Gasteiger partial charge in [-0.25, -0.2) is 0 Å². The topological polar surface area (TPSA) is 12.5 Å². The molecule has 1 unspecified atom stereocenters. The van der Waals surface area contributed by atoms with Crippen LogP contribution < -0.4 is 4.90 Å². The number of benzene rings is 1. The lowest BCUT2D eigenvalue weighted by Gasteiger charge is -2.34. The third-order valence-electron chi connectivity index (χ3n) is 3.22. The molecule has 0 spiro atoms. The summed E-state index contributed by atoms with van der Waals surface area (Å²) < 4.78 is 5.42. The fourth-order valence-corrected chi connectivity index (χ4v) is 2.73. The van der Waals surface area contributed by atoms with Crippen LogP contribution in [0.25, 0.3) is 0 Å². The SMILES string of the molecule is COC1CCCN(c2ccc(CCl)cc2Cl)C1. The molecule has 0 bridgehead atoms. The molecule has 1 atom stereocenters. The van der Waals surface area contributed by atoms with Crippen molar-refractivity contribution in [3.63, 3.8) is 0 Å². The molecule has 1 saturated heterocycles. The highest BCUT2D eigenvalue weighted by atomic mass is 35.5. The summed E-state index contributed by atoms with van der Waals surface area (Å²) in [5, 5.41) is 0.778. The van der Waals surface area contributed by atoms with E-state index in [-0.39, 0.29) is 0 Å². The van der Waals surface area contributed by atoms with Gasteiger partial charge in [-0.3, -0.25) is 0 Å². The van der Waals surface area contributed by atoms with E-state index in [1.807, 2.05) is 12.1 Å². The van der Waals surface area contributed by atoms with E-state index in [0.29, 0.717) is 12.0 Å². The number of ether oxygens (including phenoxy) is 1. The normalized spacial score (nSPS) is 20.6. The molecule has 1 aromatic carbocycles. The zero-order chi connectivity index (χ0) is 12.3. The van der Waals surface area contributed by atoms with Gasteiger partial charge in [-0.15, -0.1) is 11.6 Å². The molecule has 0 saturated carbocycles. The minimum absolute atomic E-state index is 0.313. The third-order valence-corrected chi connectivity index (χ3v) is 3.83. The fourth-order valence-electron chi connectivity index (χ4n) is 2.24. The monoisotopic (exact) mass is 273 g/mol. The number of alkyl halides is 1. The standard InChI is InChI=1S/C13H17Cl2NO/c1-17-11-3-2-6-16(9-11)13-5-4-10(8-14)7-12(13)15/h4-5,7,11H,2-3,6,8-9H2,1H3. The summed E-state index contributed by atoms with van der Waals surface area (Å²) in [6, 6.07) is 6.03. The molecule has 0 N–H and O–H groups in total. The maximum Gasteiger partial charge on any atom is 0.0746 e. The van der Waals surface area contributed by atoms with Crippen molar-refractivity contribution in [2.75, 3.05) is 25.1 Å². The van der Waals surface area contributed by atoms with Gasteiger partial charge in [0, 0.05) is 26.1 Å². The number of hydrogen-bond acceptors (Lipinski definition) is 2. The number of hydrogen-bond donors (Lipinski definition) is 0. The lowest BCUT2D eigenvalue weighted by atomic mass is 10.1. The molecule has 0 aliphatic carbocycles. The number of anilines is 1. The summed E-state index contributed by atoms with van der Waals surface area (Å²) in [7, 11) is 1.77. The van der Waals surface area contributed by atoms with Crippen LogP contribution in [0.2, 0.25) is 5.02 Å². The molecular formula is C13H17Cl2NO. The van der Waals surface area contributed by atoms with E-state index in [9.17, 15) is 0 Å². The maximum absolute atomic E-state index is 6.29. The van der Waals surface area contributed by atoms with Gasteiger partial charge in [-0.2, -0.15) is 0 Å². The van der Waals surface area contributed by atoms with Crippen LogP contribution in [0.4, 0.5) is 5.69 Å². The summed E-state index contributed by atoms with van der Waals surface area (Å²) >= 11 is 12.1. The van der Waals surface area contributed by atoms with Crippen molar-refractivity contribution in [2.24, 2.45) is 0 Å². The van der Waals surface area contributed by atoms with Crippen LogP contribution in [0.1, 0.15) is 18.4 Å². The first-order valence-electron chi connectivity index (χ1n) is 5.86. The summed E-state index contributed by atoms with van der Waals surface area (Å²) in [6.07, 6.45) is 2.59. The Morgan fingerprint density at radius 3 is 2.94 bits per heavy atom. The molecule has 0 radical (unpaired) electrons. The van der Waals surface area contributed by atoms with Crippen LogP contribution in [-0.4, -0.2) is 26.3 Å². The second-order valence-corrected chi connectivity index (χ2v) is 5.04. The molecule has 1 aliphatic heterocycles. The highest BCUT2D eigenvalue weighted by Crippen LogP contribution is 2.30. The summed E-state index contributed by atoms with van der Waals surface area (Å²) in [4.78, 5) is 2.29. The van der Waals surface area contributed by atoms with Crippen molar-refractivity contribution in [3.8, 4) is 0 Å². The first-order chi connectivity index (χ1) is 8.24. The van der Waals surface area contributed by atoms with Crippen molar-refractivity contribution < 1.29 is 4.74 Å². The van der Waals surface area contributed by atoms with Gasteiger partial charge in [-0.05, 0) is 30.5 Å². The van der Waals surface area contributed by atoms with Crippen molar-refractivity contribution in [1.82, 2.24) is 0 Å². The fraction of sp³-hybridized carbons (Fsp3) is 0.538. The largest absolute Gasteiger partial charge is 0.380 e. The summed E-state index contributed by atoms with van der Waals surface area (Å²) in [5.74, 6) is 0.501. The molecule has 4 heteroatoms. The first-order valence-corrected chi connectivity index (χ1v) is 6.78. The highest BCUT2D eigenvalue weighted by Gasteiger charge is 2.21. The molecular weight excluding hydrogens is 257 g/mol. The predicted molar refractivity (Wildman–Crippen MR) is 73.3 cm³/mol. The summed E-state index contributed by atoms with van der Waals surface area (Å²) in [5.41, 5.74) is 2.14. The zero-order valence-corrected chi connectivity index (χ0v) is 11.5. The molecule has 1 heterocycles. The van der Waals surface area contributed by atoms with Crippen LogP contribution in [0, 0.1) is 0 Å². The molecule has 94 valence electrons. The van der Waals surface area contributed by atoms with E-state index in [2.05, 4.69) is 11.0 Å². The van der Waals surface area contributed by atoms with Gasteiger partial charge in [0.1, 0.15) is 0 Å². The molecule has 2 nitrogen and oxygen atoms in total. The van der Waals surface area contributed by atoms with Crippen LogP contribution in [-0.2, 0) is 10.6 Å². The van der Waals surface area contributed by atoms with Gasteiger partial charge in [0.25, 0.3) is 0 Å². The van der Waals surface area contributed by atoms with Gasteiger partial charge in [0.2, 0.25) is 0 Å². The van der Waals surface area contributed by atoms with Crippen molar-refractivity contribution in [2.45, 2.75) is 24.8 Å². The second kappa shape index (κ2) is 5.94. The van der Waals surface area contributed by atoms with Crippen LogP contribution >= 0.6 is 23.2 Å². The minimum Gasteiger partial charge on any atom is -0.380 e. The van der Waals surface area contributed by atoms with Crippen LogP contribution in [0.3, 0.4) is 0 Å². The highest BCUT2D eigenvalue weighted by molar-refractivity contribution is 6.33. The van der Waals surface area contributed by atoms with Gasteiger partial charge in [0.15, 0.2) is 0 Å². The van der Waals surface area contributed by atoms with Gasteiger partial charge < -0.3 is 9.64 Å². The minimum atomic E-state index is 0.313. The second-order valence-electron chi connectivity index (χ2n) is 4.37. The maximum atomic E-state index is 6.29. The average Bonchev–Trinajstić information content (AvgIpc) is 2.38. The molecule has 0 amide bonds. The van der Waals surface area contributed by atoms with Crippen molar-refractivity contribution in [1.29, 1.82) is 0 Å². The quantitative estimate of drug-likeness (QED) is 0.779. The molecule has 17 heavy (non-hydrogen) atoms. The van der Waals surface area contributed by atoms with E-state index >= 15 is 0 Å². The molecule has 1 aromatic rings. The Hall–Kier alpha value is -0.440. The Kier molecular flexibility index (Phi) is 4.55. The van der Waals surface area contributed by atoms with E-state index in [0.717, 1.165) is 42.2 Å². The molecule has 1 fully saturated rings. The lowest BCUT2D eigenvalue weighted by Crippen LogP contribution is -2.39. The van der Waals surface area contributed by atoms with E-state index in [4.69, 9.17) is 27.9 Å². The van der Waals surface area contributed by atoms with Gasteiger partial charge in [0.05, 0.1) is 16.8 Å². The van der Waals surface area contributed by atoms with Crippen LogP contribution in [0.15, 0.2) is 18.2 Å². The number of rotatable bonds is 3. The Labute approximate surface area is 112 Å². The predicted octanol–water partition coefficient (Wildman–Crippen LogP) is 3.69. The number of nitrogens with zero attached hydrogens (tertiary/aromatic N) is 1.